The first-order chi connectivity index (χ1) is 20.5. The molecule has 5 rings (SSSR count). The van der Waals surface area contributed by atoms with Crippen LogP contribution in [-0.2, 0) is 25.7 Å². The average molecular weight is 551 g/mol. The Hall–Kier alpha value is -5.22. The van der Waals surface area contributed by atoms with Crippen LogP contribution in [-0.4, -0.2) is 11.6 Å². The lowest BCUT2D eigenvalue weighted by Gasteiger charge is -2.26. The van der Waals surface area contributed by atoms with Gasteiger partial charge in [-0.05, 0) is 60.1 Å². The van der Waals surface area contributed by atoms with Crippen molar-refractivity contribution >= 4 is 34.3 Å². The molecule has 0 aliphatic heterocycles. The molecule has 0 radical (unpaired) electrons. The van der Waals surface area contributed by atoms with E-state index in [9.17, 15) is 9.59 Å². The summed E-state index contributed by atoms with van der Waals surface area (Å²) in [6.07, 6.45) is 10.0. The molecule has 0 aromatic heterocycles. The van der Waals surface area contributed by atoms with Gasteiger partial charge in [-0.3, -0.25) is 9.59 Å². The second-order valence-electron chi connectivity index (χ2n) is 10.2. The molecule has 4 nitrogen and oxygen atoms in total. The Bertz CT molecular complexity index is 1690. The first kappa shape index (κ1) is 28.3. The average Bonchev–Trinajstić information content (AvgIpc) is 3.00. The van der Waals surface area contributed by atoms with Crippen LogP contribution in [0, 0.1) is 0 Å². The zero-order valence-corrected chi connectivity index (χ0v) is 23.7. The van der Waals surface area contributed by atoms with Crippen LogP contribution in [0.1, 0.15) is 54.1 Å². The Morgan fingerprint density at radius 2 is 0.929 bits per heavy atom. The van der Waals surface area contributed by atoms with Crippen LogP contribution >= 0.6 is 0 Å². The second kappa shape index (κ2) is 12.5. The highest BCUT2D eigenvalue weighted by Crippen LogP contribution is 2.41. The molecule has 4 aromatic rings. The van der Waals surface area contributed by atoms with Crippen LogP contribution in [0.15, 0.2) is 123 Å². The van der Waals surface area contributed by atoms with E-state index in [2.05, 4.69) is 49.1 Å². The Morgan fingerprint density at radius 1 is 0.476 bits per heavy atom. The van der Waals surface area contributed by atoms with E-state index in [1.807, 2.05) is 54.6 Å². The number of anilines is 4. The number of ketones is 2. The number of benzene rings is 4. The van der Waals surface area contributed by atoms with E-state index < -0.39 is 0 Å². The highest BCUT2D eigenvalue weighted by Gasteiger charge is 2.33. The zero-order chi connectivity index (χ0) is 29.6. The molecule has 0 unspecified atom stereocenters. The Morgan fingerprint density at radius 3 is 1.40 bits per heavy atom. The third kappa shape index (κ3) is 5.27. The van der Waals surface area contributed by atoms with Crippen molar-refractivity contribution < 1.29 is 9.59 Å². The van der Waals surface area contributed by atoms with Gasteiger partial charge in [0.15, 0.2) is 11.6 Å². The summed E-state index contributed by atoms with van der Waals surface area (Å²) in [4.78, 5) is 27.8. The van der Waals surface area contributed by atoms with Gasteiger partial charge in [0.25, 0.3) is 0 Å². The third-order valence-electron chi connectivity index (χ3n) is 7.53. The van der Waals surface area contributed by atoms with Crippen molar-refractivity contribution in [2.45, 2.75) is 25.7 Å². The van der Waals surface area contributed by atoms with Crippen molar-refractivity contribution in [1.82, 2.24) is 0 Å². The van der Waals surface area contributed by atoms with Crippen LogP contribution in [0.5, 0.6) is 0 Å². The molecule has 1 aliphatic rings. The predicted molar refractivity (Wildman–Crippen MR) is 175 cm³/mol. The van der Waals surface area contributed by atoms with E-state index in [-0.39, 0.29) is 11.6 Å². The van der Waals surface area contributed by atoms with Gasteiger partial charge in [-0.15, -0.1) is 26.3 Å². The summed E-state index contributed by atoms with van der Waals surface area (Å²) in [5.74, 6) is -0.358. The number of fused-ring (bicyclic) bond motifs is 2. The van der Waals surface area contributed by atoms with Crippen LogP contribution in [0.3, 0.4) is 0 Å². The van der Waals surface area contributed by atoms with Gasteiger partial charge < -0.3 is 10.6 Å². The number of carbonyl (C=O) groups excluding carboxylic acids is 2. The lowest BCUT2D eigenvalue weighted by molar-refractivity contribution is 0.0980. The van der Waals surface area contributed by atoms with E-state index in [4.69, 9.17) is 0 Å². The molecule has 0 atom stereocenters. The van der Waals surface area contributed by atoms with Crippen LogP contribution in [0.2, 0.25) is 0 Å². The maximum atomic E-state index is 14.2. The van der Waals surface area contributed by atoms with E-state index in [0.29, 0.717) is 59.3 Å². The highest BCUT2D eigenvalue weighted by atomic mass is 16.1. The molecule has 0 amide bonds. The topological polar surface area (TPSA) is 58.2 Å². The Kier molecular flexibility index (Phi) is 8.44. The second-order valence-corrected chi connectivity index (χ2v) is 10.2. The first-order valence-electron chi connectivity index (χ1n) is 14.1. The zero-order valence-electron chi connectivity index (χ0n) is 23.7. The fourth-order valence-electron chi connectivity index (χ4n) is 5.61. The maximum absolute atomic E-state index is 14.2. The fourth-order valence-corrected chi connectivity index (χ4v) is 5.61. The third-order valence-corrected chi connectivity index (χ3v) is 7.53. The van der Waals surface area contributed by atoms with E-state index in [1.165, 1.54) is 0 Å². The van der Waals surface area contributed by atoms with Gasteiger partial charge in [-0.1, -0.05) is 85.0 Å². The van der Waals surface area contributed by atoms with Crippen molar-refractivity contribution in [2.24, 2.45) is 0 Å². The van der Waals surface area contributed by atoms with Crippen LogP contribution in [0.25, 0.3) is 0 Å². The van der Waals surface area contributed by atoms with Gasteiger partial charge in [0.05, 0.1) is 16.9 Å². The van der Waals surface area contributed by atoms with Crippen LogP contribution in [0.4, 0.5) is 22.7 Å². The highest BCUT2D eigenvalue weighted by molar-refractivity contribution is 6.31. The number of allylic oxidation sites excluding steroid dienone is 4. The molecular weight excluding hydrogens is 516 g/mol. The van der Waals surface area contributed by atoms with Crippen LogP contribution < -0.4 is 10.6 Å². The normalized spacial score (nSPS) is 11.7. The Labute approximate surface area is 247 Å². The molecule has 0 heterocycles. The van der Waals surface area contributed by atoms with E-state index in [1.54, 1.807) is 30.3 Å². The lowest BCUT2D eigenvalue weighted by Crippen LogP contribution is -2.23. The summed E-state index contributed by atoms with van der Waals surface area (Å²) >= 11 is 0. The Balaban J connectivity index is 1.77. The summed E-state index contributed by atoms with van der Waals surface area (Å²) in [5.41, 5.74) is 8.81. The number of rotatable bonds is 12. The first-order valence-corrected chi connectivity index (χ1v) is 14.1. The molecule has 2 N–H and O–H groups in total. The lowest BCUT2D eigenvalue weighted by atomic mass is 9.82. The molecule has 0 spiro atoms. The van der Waals surface area contributed by atoms with E-state index in [0.717, 1.165) is 33.6 Å². The number of para-hydroxylation sites is 2. The molecule has 42 heavy (non-hydrogen) atoms. The monoisotopic (exact) mass is 550 g/mol. The molecule has 0 bridgehead atoms. The van der Waals surface area contributed by atoms with Crippen molar-refractivity contribution in [2.75, 3.05) is 10.6 Å². The molecule has 4 heteroatoms. The maximum Gasteiger partial charge on any atom is 0.196 e. The van der Waals surface area contributed by atoms with Gasteiger partial charge in [-0.25, -0.2) is 0 Å². The van der Waals surface area contributed by atoms with Crippen molar-refractivity contribution in [3.05, 3.63) is 168 Å². The minimum absolute atomic E-state index is 0.167. The van der Waals surface area contributed by atoms with Crippen molar-refractivity contribution in [3.8, 4) is 0 Å². The summed E-state index contributed by atoms with van der Waals surface area (Å²) in [6.45, 7) is 15.8. The van der Waals surface area contributed by atoms with Gasteiger partial charge in [0.2, 0.25) is 0 Å². The SMILES string of the molecule is C=CCc1cccc(CC=C)c1Nc1ccc2c(c1Nc1c(CC=C)cccc1CC=C)C(=O)c1ccccc1C2=O. The molecule has 1 aliphatic carbocycles. The van der Waals surface area contributed by atoms with Crippen molar-refractivity contribution in [3.63, 3.8) is 0 Å². The molecule has 0 saturated carbocycles. The summed E-state index contributed by atoms with van der Waals surface area (Å²) in [6, 6.07) is 22.9. The van der Waals surface area contributed by atoms with Gasteiger partial charge in [0.1, 0.15) is 0 Å². The standard InChI is InChI=1S/C38H34N2O2/c1-5-13-25-17-11-18-26(14-6-2)34(25)39-32-24-23-31-33(38(42)30-22-10-9-21-29(30)37(31)41)36(32)40-35-27(15-7-3)19-12-20-28(35)16-8-4/h5-12,17-24,39-40H,1-4,13-16H2. The summed E-state index contributed by atoms with van der Waals surface area (Å²) in [7, 11) is 0. The largest absolute Gasteiger partial charge is 0.353 e. The molecular formula is C38H34N2O2. The van der Waals surface area contributed by atoms with Crippen molar-refractivity contribution in [1.29, 1.82) is 0 Å². The molecule has 4 aromatic carbocycles. The number of carbonyl (C=O) groups is 2. The number of hydrogen-bond donors (Lipinski definition) is 2. The minimum atomic E-state index is -0.191. The van der Waals surface area contributed by atoms with E-state index >= 15 is 0 Å². The summed E-state index contributed by atoms with van der Waals surface area (Å²) in [5, 5.41) is 7.29. The molecule has 0 fully saturated rings. The molecule has 208 valence electrons. The minimum Gasteiger partial charge on any atom is -0.353 e. The quantitative estimate of drug-likeness (QED) is 0.152. The summed E-state index contributed by atoms with van der Waals surface area (Å²) < 4.78 is 0. The fraction of sp³-hybridized carbons (Fsp3) is 0.105. The predicted octanol–water partition coefficient (Wildman–Crippen LogP) is 8.86. The van der Waals surface area contributed by atoms with Gasteiger partial charge in [-0.2, -0.15) is 0 Å². The smallest absolute Gasteiger partial charge is 0.196 e. The van der Waals surface area contributed by atoms with Gasteiger partial charge in [0, 0.05) is 28.1 Å². The number of hydrogen-bond acceptors (Lipinski definition) is 4. The molecule has 0 saturated heterocycles. The number of nitrogens with one attached hydrogen (secondary N) is 2. The van der Waals surface area contributed by atoms with Gasteiger partial charge >= 0.3 is 0 Å².